The zero-order valence-electron chi connectivity index (χ0n) is 19.5. The summed E-state index contributed by atoms with van der Waals surface area (Å²) >= 11 is 0. The van der Waals surface area contributed by atoms with Crippen molar-refractivity contribution in [2.45, 2.75) is 38.9 Å². The fourth-order valence-corrected chi connectivity index (χ4v) is 4.06. The second-order valence-corrected chi connectivity index (χ2v) is 8.93. The quantitative estimate of drug-likeness (QED) is 0.593. The summed E-state index contributed by atoms with van der Waals surface area (Å²) in [5.41, 5.74) is 1.31. The minimum absolute atomic E-state index is 0.127. The summed E-state index contributed by atoms with van der Waals surface area (Å²) in [6.45, 7) is 7.74. The first-order valence-electron chi connectivity index (χ1n) is 10.4. The van der Waals surface area contributed by atoms with Crippen molar-refractivity contribution in [1.82, 2.24) is 0 Å². The van der Waals surface area contributed by atoms with Crippen LogP contribution in [-0.2, 0) is 4.74 Å². The zero-order valence-corrected chi connectivity index (χ0v) is 19.5. The molecule has 0 amide bonds. The Labute approximate surface area is 188 Å². The lowest BCUT2D eigenvalue weighted by Gasteiger charge is -2.32. The second kappa shape index (κ2) is 7.62. The molecule has 0 atom stereocenters. The molecule has 32 heavy (non-hydrogen) atoms. The number of Topliss-reactive ketones (excluding diaryl/α,β-unsaturated/α-hetero) is 1. The van der Waals surface area contributed by atoms with Crippen LogP contribution in [0.15, 0.2) is 42.5 Å². The summed E-state index contributed by atoms with van der Waals surface area (Å²) in [7, 11) is 4.75. The van der Waals surface area contributed by atoms with E-state index in [-0.39, 0.29) is 5.78 Å². The van der Waals surface area contributed by atoms with Crippen molar-refractivity contribution in [3.63, 3.8) is 0 Å². The van der Waals surface area contributed by atoms with Crippen LogP contribution in [0.1, 0.15) is 49.2 Å². The lowest BCUT2D eigenvalue weighted by Crippen LogP contribution is -2.30. The van der Waals surface area contributed by atoms with Gasteiger partial charge in [-0.15, -0.1) is 0 Å². The minimum Gasteiger partial charge on any atom is -0.496 e. The molecule has 0 fully saturated rings. The van der Waals surface area contributed by atoms with E-state index >= 15 is 0 Å². The number of hydrogen-bond acceptors (Lipinski definition) is 6. The smallest absolute Gasteiger partial charge is 0.193 e. The first-order chi connectivity index (χ1) is 15.1. The fraction of sp³-hybridized carbons (Fsp3) is 0.346. The number of carbonyl (C=O) groups excluding carboxylic acids is 1. The molecule has 0 aliphatic carbocycles. The molecular weight excluding hydrogens is 408 g/mol. The molecule has 2 aliphatic rings. The molecule has 0 radical (unpaired) electrons. The molecule has 2 heterocycles. The Morgan fingerprint density at radius 1 is 0.750 bits per heavy atom. The number of rotatable bonds is 5. The second-order valence-electron chi connectivity index (χ2n) is 8.93. The first-order valence-corrected chi connectivity index (χ1v) is 10.4. The Morgan fingerprint density at radius 3 is 2.03 bits per heavy atom. The summed E-state index contributed by atoms with van der Waals surface area (Å²) < 4.78 is 28.6. The van der Waals surface area contributed by atoms with Crippen LogP contribution >= 0.6 is 0 Å². The predicted molar refractivity (Wildman–Crippen MR) is 123 cm³/mol. The maximum absolute atomic E-state index is 13.7. The Morgan fingerprint density at radius 2 is 1.38 bits per heavy atom. The molecule has 4 rings (SSSR count). The number of methoxy groups -OCH3 is 3. The van der Waals surface area contributed by atoms with Crippen LogP contribution in [0.25, 0.3) is 11.3 Å². The zero-order chi connectivity index (χ0) is 23.3. The highest BCUT2D eigenvalue weighted by atomic mass is 16.5. The SMILES string of the molecule is COC1=CC(C)(C)Oc2ccc(C(=O)C3=CC(C)(C)Oc4cc(OC)c(OC)cc43)cc21. The summed E-state index contributed by atoms with van der Waals surface area (Å²) in [6.07, 6.45) is 3.75. The fourth-order valence-electron chi connectivity index (χ4n) is 4.06. The number of hydrogen-bond donors (Lipinski definition) is 0. The van der Waals surface area contributed by atoms with Gasteiger partial charge in [0.1, 0.15) is 28.5 Å². The van der Waals surface area contributed by atoms with Crippen LogP contribution in [0, 0.1) is 0 Å². The number of allylic oxidation sites excluding steroid dienone is 1. The maximum atomic E-state index is 13.7. The van der Waals surface area contributed by atoms with Gasteiger partial charge in [0.15, 0.2) is 17.3 Å². The van der Waals surface area contributed by atoms with Crippen LogP contribution in [0.5, 0.6) is 23.0 Å². The number of ether oxygens (including phenoxy) is 5. The van der Waals surface area contributed by atoms with Crippen LogP contribution in [0.2, 0.25) is 0 Å². The highest BCUT2D eigenvalue weighted by molar-refractivity contribution is 6.30. The lowest BCUT2D eigenvalue weighted by molar-refractivity contribution is 0.104. The summed E-state index contributed by atoms with van der Waals surface area (Å²) in [6, 6.07) is 8.94. The minimum atomic E-state index is -0.670. The van der Waals surface area contributed by atoms with Crippen molar-refractivity contribution in [2.24, 2.45) is 0 Å². The molecule has 0 N–H and O–H groups in total. The van der Waals surface area contributed by atoms with E-state index in [2.05, 4.69) is 0 Å². The van der Waals surface area contributed by atoms with Gasteiger partial charge in [-0.1, -0.05) is 0 Å². The van der Waals surface area contributed by atoms with Gasteiger partial charge >= 0.3 is 0 Å². The Balaban J connectivity index is 1.81. The first kappa shape index (κ1) is 21.8. The topological polar surface area (TPSA) is 63.2 Å². The van der Waals surface area contributed by atoms with Gasteiger partial charge in [-0.3, -0.25) is 4.79 Å². The van der Waals surface area contributed by atoms with Crippen molar-refractivity contribution in [3.05, 3.63) is 59.2 Å². The van der Waals surface area contributed by atoms with Crippen LogP contribution in [0.4, 0.5) is 0 Å². The molecule has 0 spiro atoms. The molecule has 0 unspecified atom stereocenters. The van der Waals surface area contributed by atoms with Gasteiger partial charge in [0, 0.05) is 28.8 Å². The molecule has 168 valence electrons. The maximum Gasteiger partial charge on any atom is 0.193 e. The normalized spacial score (nSPS) is 17.5. The molecule has 0 aromatic heterocycles. The lowest BCUT2D eigenvalue weighted by atomic mass is 9.88. The van der Waals surface area contributed by atoms with Gasteiger partial charge in [0.05, 0.1) is 26.9 Å². The monoisotopic (exact) mass is 436 g/mol. The van der Waals surface area contributed by atoms with Crippen LogP contribution in [0.3, 0.4) is 0 Å². The third-order valence-electron chi connectivity index (χ3n) is 5.46. The van der Waals surface area contributed by atoms with E-state index < -0.39 is 11.2 Å². The average Bonchev–Trinajstić information content (AvgIpc) is 2.75. The molecule has 2 aromatic rings. The highest BCUT2D eigenvalue weighted by Gasteiger charge is 2.33. The number of fused-ring (bicyclic) bond motifs is 2. The summed E-state index contributed by atoms with van der Waals surface area (Å²) in [4.78, 5) is 13.7. The van der Waals surface area contributed by atoms with Crippen LogP contribution in [-0.4, -0.2) is 38.3 Å². The summed E-state index contributed by atoms with van der Waals surface area (Å²) in [5.74, 6) is 2.87. The third-order valence-corrected chi connectivity index (χ3v) is 5.46. The Hall–Kier alpha value is -3.41. The van der Waals surface area contributed by atoms with Gasteiger partial charge in [-0.25, -0.2) is 0 Å². The van der Waals surface area contributed by atoms with Gasteiger partial charge in [0.25, 0.3) is 0 Å². The molecule has 6 nitrogen and oxygen atoms in total. The van der Waals surface area contributed by atoms with E-state index in [1.54, 1.807) is 39.5 Å². The summed E-state index contributed by atoms with van der Waals surface area (Å²) in [5, 5.41) is 0. The molecule has 2 aromatic carbocycles. The van der Waals surface area contributed by atoms with Gasteiger partial charge in [-0.05, 0) is 58.0 Å². The van der Waals surface area contributed by atoms with Gasteiger partial charge in [-0.2, -0.15) is 0 Å². The Kier molecular flexibility index (Phi) is 5.19. The number of ketones is 1. The van der Waals surface area contributed by atoms with Gasteiger partial charge < -0.3 is 23.7 Å². The van der Waals surface area contributed by atoms with Crippen molar-refractivity contribution in [3.8, 4) is 23.0 Å². The van der Waals surface area contributed by atoms with E-state index in [4.69, 9.17) is 23.7 Å². The van der Waals surface area contributed by atoms with Gasteiger partial charge in [0.2, 0.25) is 0 Å². The molecule has 2 aliphatic heterocycles. The third kappa shape index (κ3) is 3.81. The van der Waals surface area contributed by atoms with Crippen molar-refractivity contribution >= 4 is 17.1 Å². The predicted octanol–water partition coefficient (Wildman–Crippen LogP) is 5.30. The highest BCUT2D eigenvalue weighted by Crippen LogP contribution is 2.44. The van der Waals surface area contributed by atoms with E-state index in [1.807, 2.05) is 52.0 Å². The van der Waals surface area contributed by atoms with Crippen LogP contribution < -0.4 is 18.9 Å². The largest absolute Gasteiger partial charge is 0.496 e. The van der Waals surface area contributed by atoms with E-state index in [0.717, 1.165) is 5.56 Å². The van der Waals surface area contributed by atoms with E-state index in [0.29, 0.717) is 45.5 Å². The number of benzene rings is 2. The van der Waals surface area contributed by atoms with E-state index in [1.165, 1.54) is 0 Å². The van der Waals surface area contributed by atoms with E-state index in [9.17, 15) is 4.79 Å². The molecule has 0 saturated carbocycles. The number of carbonyl (C=O) groups is 1. The molecule has 0 saturated heterocycles. The van der Waals surface area contributed by atoms with Crippen molar-refractivity contribution < 1.29 is 28.5 Å². The molecule has 6 heteroatoms. The van der Waals surface area contributed by atoms with Crippen molar-refractivity contribution in [2.75, 3.05) is 21.3 Å². The molecular formula is C26H28O6. The Bertz CT molecular complexity index is 1150. The standard InChI is InChI=1S/C26H28O6/c1-25(2)13-18(16-11-21(28-5)22(29-6)12-20(16)32-25)24(27)15-8-9-19-17(10-15)23(30-7)14-26(3,4)31-19/h8-14H,1-7H3. The molecule has 0 bridgehead atoms. The average molecular weight is 437 g/mol. The van der Waals surface area contributed by atoms with Crippen molar-refractivity contribution in [1.29, 1.82) is 0 Å².